The first-order valence-corrected chi connectivity index (χ1v) is 8.41. The smallest absolute Gasteiger partial charge is 0.329 e. The Hall–Kier alpha value is -2.90. The SMILES string of the molecule is CC(C)[C@@H](NC(=O)[C@@H](C(C)C)n1c(=O)[nH]c2ccccc2c1=O)C(=O)O. The summed E-state index contributed by atoms with van der Waals surface area (Å²) in [4.78, 5) is 52.0. The van der Waals surface area contributed by atoms with E-state index in [9.17, 15) is 24.3 Å². The lowest BCUT2D eigenvalue weighted by molar-refractivity contribution is -0.143. The number of hydrogen-bond acceptors (Lipinski definition) is 4. The first kappa shape index (κ1) is 19.4. The van der Waals surface area contributed by atoms with Crippen LogP contribution in [0, 0.1) is 11.8 Å². The predicted octanol–water partition coefficient (Wildman–Crippen LogP) is 1.11. The highest BCUT2D eigenvalue weighted by Crippen LogP contribution is 2.17. The summed E-state index contributed by atoms with van der Waals surface area (Å²) < 4.78 is 0.863. The largest absolute Gasteiger partial charge is 0.480 e. The summed E-state index contributed by atoms with van der Waals surface area (Å²) in [6.45, 7) is 6.71. The van der Waals surface area contributed by atoms with Crippen molar-refractivity contribution in [3.63, 3.8) is 0 Å². The van der Waals surface area contributed by atoms with Crippen LogP contribution in [0.25, 0.3) is 10.9 Å². The minimum atomic E-state index is -1.17. The number of nitrogens with one attached hydrogen (secondary N) is 2. The molecule has 2 aromatic rings. The van der Waals surface area contributed by atoms with Gasteiger partial charge in [-0.05, 0) is 24.0 Å². The Morgan fingerprint density at radius 3 is 2.23 bits per heavy atom. The van der Waals surface area contributed by atoms with Crippen molar-refractivity contribution in [2.45, 2.75) is 39.8 Å². The van der Waals surface area contributed by atoms with E-state index in [1.54, 1.807) is 52.0 Å². The number of carboxylic acids is 1. The van der Waals surface area contributed by atoms with Gasteiger partial charge in [0.05, 0.1) is 10.9 Å². The van der Waals surface area contributed by atoms with Crippen LogP contribution in [0.15, 0.2) is 33.9 Å². The Bertz CT molecular complexity index is 942. The molecule has 0 saturated carbocycles. The fraction of sp³-hybridized carbons (Fsp3) is 0.444. The zero-order valence-corrected chi connectivity index (χ0v) is 15.1. The molecule has 0 aliphatic heterocycles. The third-order valence-electron chi connectivity index (χ3n) is 4.25. The number of H-pyrrole nitrogens is 1. The molecule has 1 heterocycles. The van der Waals surface area contributed by atoms with Crippen molar-refractivity contribution in [2.75, 3.05) is 0 Å². The Labute approximate surface area is 149 Å². The van der Waals surface area contributed by atoms with Crippen molar-refractivity contribution < 1.29 is 14.7 Å². The highest BCUT2D eigenvalue weighted by Gasteiger charge is 2.32. The van der Waals surface area contributed by atoms with E-state index in [0.717, 1.165) is 4.57 Å². The summed E-state index contributed by atoms with van der Waals surface area (Å²) in [7, 11) is 0. The molecule has 2 atom stereocenters. The molecule has 0 saturated heterocycles. The molecule has 0 aliphatic rings. The third kappa shape index (κ3) is 3.68. The van der Waals surface area contributed by atoms with Gasteiger partial charge in [-0.15, -0.1) is 0 Å². The number of hydrogen-bond donors (Lipinski definition) is 3. The fourth-order valence-electron chi connectivity index (χ4n) is 2.90. The van der Waals surface area contributed by atoms with Crippen LogP contribution in [0.5, 0.6) is 0 Å². The Kier molecular flexibility index (Phi) is 5.64. The van der Waals surface area contributed by atoms with Gasteiger partial charge in [0.25, 0.3) is 5.56 Å². The molecule has 1 amide bonds. The van der Waals surface area contributed by atoms with Crippen molar-refractivity contribution in [2.24, 2.45) is 11.8 Å². The van der Waals surface area contributed by atoms with Crippen molar-refractivity contribution in [3.8, 4) is 0 Å². The number of aliphatic carboxylic acids is 1. The zero-order valence-electron chi connectivity index (χ0n) is 15.1. The number of aromatic nitrogens is 2. The minimum absolute atomic E-state index is 0.282. The van der Waals surface area contributed by atoms with E-state index in [0.29, 0.717) is 5.52 Å². The molecule has 0 bridgehead atoms. The summed E-state index contributed by atoms with van der Waals surface area (Å²) in [5.74, 6) is -2.60. The topological polar surface area (TPSA) is 121 Å². The monoisotopic (exact) mass is 361 g/mol. The van der Waals surface area contributed by atoms with Crippen LogP contribution in [0.3, 0.4) is 0 Å². The average Bonchev–Trinajstić information content (AvgIpc) is 2.55. The Morgan fingerprint density at radius 2 is 1.69 bits per heavy atom. The van der Waals surface area contributed by atoms with Crippen LogP contribution in [-0.4, -0.2) is 32.6 Å². The van der Waals surface area contributed by atoms with Crippen LogP contribution in [0.1, 0.15) is 33.7 Å². The number of carbonyl (C=O) groups is 2. The third-order valence-corrected chi connectivity index (χ3v) is 4.25. The van der Waals surface area contributed by atoms with Crippen molar-refractivity contribution >= 4 is 22.8 Å². The lowest BCUT2D eigenvalue weighted by Gasteiger charge is -2.25. The van der Waals surface area contributed by atoms with E-state index in [-0.39, 0.29) is 11.3 Å². The Morgan fingerprint density at radius 1 is 1.08 bits per heavy atom. The second kappa shape index (κ2) is 7.55. The van der Waals surface area contributed by atoms with Crippen LogP contribution in [0.2, 0.25) is 0 Å². The van der Waals surface area contributed by atoms with Crippen LogP contribution >= 0.6 is 0 Å². The van der Waals surface area contributed by atoms with Gasteiger partial charge in [0.2, 0.25) is 5.91 Å². The Balaban J connectivity index is 2.56. The minimum Gasteiger partial charge on any atom is -0.480 e. The molecule has 26 heavy (non-hydrogen) atoms. The highest BCUT2D eigenvalue weighted by atomic mass is 16.4. The number of amides is 1. The van der Waals surface area contributed by atoms with E-state index in [2.05, 4.69) is 10.3 Å². The summed E-state index contributed by atoms with van der Waals surface area (Å²) in [5.41, 5.74) is -0.916. The summed E-state index contributed by atoms with van der Waals surface area (Å²) in [6.07, 6.45) is 0. The van der Waals surface area contributed by atoms with E-state index < -0.39 is 41.1 Å². The molecule has 1 aromatic heterocycles. The lowest BCUT2D eigenvalue weighted by Crippen LogP contribution is -2.51. The first-order chi connectivity index (χ1) is 12.1. The van der Waals surface area contributed by atoms with Gasteiger partial charge >= 0.3 is 11.7 Å². The average molecular weight is 361 g/mol. The molecule has 140 valence electrons. The van der Waals surface area contributed by atoms with E-state index in [1.807, 2.05) is 0 Å². The van der Waals surface area contributed by atoms with Gasteiger partial charge in [-0.2, -0.15) is 0 Å². The summed E-state index contributed by atoms with van der Waals surface area (Å²) in [6, 6.07) is 4.28. The van der Waals surface area contributed by atoms with E-state index >= 15 is 0 Å². The quantitative estimate of drug-likeness (QED) is 0.712. The predicted molar refractivity (Wildman–Crippen MR) is 97.1 cm³/mol. The van der Waals surface area contributed by atoms with Crippen LogP contribution in [-0.2, 0) is 9.59 Å². The number of fused-ring (bicyclic) bond motifs is 1. The van der Waals surface area contributed by atoms with Crippen LogP contribution in [0.4, 0.5) is 0 Å². The normalized spacial score (nSPS) is 13.8. The van der Waals surface area contributed by atoms with E-state index in [4.69, 9.17) is 0 Å². The zero-order chi connectivity index (χ0) is 19.6. The molecule has 0 spiro atoms. The molecule has 1 aromatic carbocycles. The van der Waals surface area contributed by atoms with Crippen molar-refractivity contribution in [3.05, 3.63) is 45.1 Å². The summed E-state index contributed by atoms with van der Waals surface area (Å²) in [5, 5.41) is 12.0. The van der Waals surface area contributed by atoms with Gasteiger partial charge < -0.3 is 15.4 Å². The van der Waals surface area contributed by atoms with Gasteiger partial charge in [0.1, 0.15) is 12.1 Å². The number of carboxylic acid groups (broad SMARTS) is 1. The van der Waals surface area contributed by atoms with Gasteiger partial charge in [-0.3, -0.25) is 9.59 Å². The molecule has 3 N–H and O–H groups in total. The maximum absolute atomic E-state index is 12.8. The second-order valence-corrected chi connectivity index (χ2v) is 6.91. The molecule has 8 nitrogen and oxygen atoms in total. The molecule has 0 fully saturated rings. The summed E-state index contributed by atoms with van der Waals surface area (Å²) >= 11 is 0. The fourth-order valence-corrected chi connectivity index (χ4v) is 2.90. The number of nitrogens with zero attached hydrogens (tertiary/aromatic N) is 1. The second-order valence-electron chi connectivity index (χ2n) is 6.91. The van der Waals surface area contributed by atoms with E-state index in [1.165, 1.54) is 0 Å². The van der Waals surface area contributed by atoms with Crippen molar-refractivity contribution in [1.82, 2.24) is 14.9 Å². The van der Waals surface area contributed by atoms with Gasteiger partial charge in [0, 0.05) is 0 Å². The van der Waals surface area contributed by atoms with Crippen molar-refractivity contribution in [1.29, 1.82) is 0 Å². The van der Waals surface area contributed by atoms with Gasteiger partial charge in [-0.1, -0.05) is 39.8 Å². The van der Waals surface area contributed by atoms with Gasteiger partial charge in [0.15, 0.2) is 0 Å². The number of aromatic amines is 1. The molecule has 0 radical (unpaired) electrons. The van der Waals surface area contributed by atoms with Gasteiger partial charge in [-0.25, -0.2) is 14.2 Å². The molecular formula is C18H23N3O5. The standard InChI is InChI=1S/C18H23N3O5/c1-9(2)13(17(24)25)20-15(22)14(10(3)4)21-16(23)11-7-5-6-8-12(11)19-18(21)26/h5-10,13-14H,1-4H3,(H,19,26)(H,20,22)(H,24,25)/t13-,14-/m1/s1. The lowest BCUT2D eigenvalue weighted by atomic mass is 10.00. The number of para-hydroxylation sites is 1. The molecule has 2 rings (SSSR count). The first-order valence-electron chi connectivity index (χ1n) is 8.41. The number of carbonyl (C=O) groups excluding carboxylic acids is 1. The molecule has 0 unspecified atom stereocenters. The number of benzene rings is 1. The maximum atomic E-state index is 12.8. The number of rotatable bonds is 6. The van der Waals surface area contributed by atoms with Crippen LogP contribution < -0.4 is 16.6 Å². The highest BCUT2D eigenvalue weighted by molar-refractivity contribution is 5.86. The molecular weight excluding hydrogens is 338 g/mol. The molecule has 8 heteroatoms. The maximum Gasteiger partial charge on any atom is 0.329 e. The molecule has 0 aliphatic carbocycles.